The van der Waals surface area contributed by atoms with E-state index in [9.17, 15) is 10.2 Å². The van der Waals surface area contributed by atoms with Crippen molar-refractivity contribution in [3.8, 4) is 5.75 Å². The Balaban J connectivity index is 2.59. The fourth-order valence-corrected chi connectivity index (χ4v) is 1.89. The normalized spacial score (nSPS) is 14.0. The molecule has 1 atom stereocenters. The zero-order valence-electron chi connectivity index (χ0n) is 10.9. The molecule has 0 spiro atoms. The van der Waals surface area contributed by atoms with E-state index in [1.807, 2.05) is 13.0 Å². The van der Waals surface area contributed by atoms with Crippen LogP contribution in [0.3, 0.4) is 0 Å². The molecule has 0 amide bonds. The molecule has 0 unspecified atom stereocenters. The van der Waals surface area contributed by atoms with Gasteiger partial charge in [-0.15, -0.1) is 0 Å². The van der Waals surface area contributed by atoms with Crippen molar-refractivity contribution in [2.45, 2.75) is 25.9 Å². The minimum atomic E-state index is -0.550. The predicted molar refractivity (Wildman–Crippen MR) is 78.2 cm³/mol. The summed E-state index contributed by atoms with van der Waals surface area (Å²) in [5.74, 6) is 0.143. The highest BCUT2D eigenvalue weighted by Crippen LogP contribution is 2.24. The van der Waals surface area contributed by atoms with Gasteiger partial charge in [-0.05, 0) is 43.5 Å². The summed E-state index contributed by atoms with van der Waals surface area (Å²) in [5, 5.41) is 28.0. The van der Waals surface area contributed by atoms with Crippen molar-refractivity contribution in [1.29, 1.82) is 0 Å². The van der Waals surface area contributed by atoms with E-state index in [1.165, 1.54) is 12.1 Å². The Bertz CT molecular complexity index is 466. The molecule has 0 saturated heterocycles. The van der Waals surface area contributed by atoms with E-state index < -0.39 is 6.10 Å². The second-order valence-electron chi connectivity index (χ2n) is 4.41. The number of aromatic hydroxyl groups is 1. The van der Waals surface area contributed by atoms with E-state index >= 15 is 0 Å². The number of hydrogen-bond acceptors (Lipinski definition) is 3. The van der Waals surface area contributed by atoms with Crippen molar-refractivity contribution in [1.82, 2.24) is 0 Å². The first-order valence-electron chi connectivity index (χ1n) is 6.14. The van der Waals surface area contributed by atoms with Gasteiger partial charge in [-0.2, -0.15) is 0 Å². The number of halogens is 1. The molecular weight excluding hydrogens is 264 g/mol. The third-order valence-electron chi connectivity index (χ3n) is 2.68. The predicted octanol–water partition coefficient (Wildman–Crippen LogP) is 3.14. The van der Waals surface area contributed by atoms with E-state index in [1.54, 1.807) is 18.2 Å². The second-order valence-corrected chi connectivity index (χ2v) is 4.82. The van der Waals surface area contributed by atoms with Crippen LogP contribution in [0.4, 0.5) is 0 Å². The number of rotatable bonds is 6. The van der Waals surface area contributed by atoms with Gasteiger partial charge in [0, 0.05) is 0 Å². The van der Waals surface area contributed by atoms with Gasteiger partial charge < -0.3 is 15.3 Å². The lowest BCUT2D eigenvalue weighted by molar-refractivity contribution is 0.211. The van der Waals surface area contributed by atoms with E-state index in [2.05, 4.69) is 0 Å². The monoisotopic (exact) mass is 282 g/mol. The molecule has 0 radical (unpaired) electrons. The minimum Gasteiger partial charge on any atom is -0.508 e. The molecule has 1 aromatic carbocycles. The van der Waals surface area contributed by atoms with Crippen LogP contribution >= 0.6 is 11.6 Å². The number of hydrogen-bond donors (Lipinski definition) is 3. The van der Waals surface area contributed by atoms with E-state index in [0.29, 0.717) is 11.4 Å². The first kappa shape index (κ1) is 15.8. The topological polar surface area (TPSA) is 60.7 Å². The van der Waals surface area contributed by atoms with Gasteiger partial charge in [-0.25, -0.2) is 0 Å². The number of aliphatic hydroxyl groups is 2. The van der Waals surface area contributed by atoms with Gasteiger partial charge >= 0.3 is 0 Å². The number of aliphatic hydroxyl groups excluding tert-OH is 2. The highest BCUT2D eigenvalue weighted by Gasteiger charge is 2.02. The maximum Gasteiger partial charge on any atom is 0.117 e. The highest BCUT2D eigenvalue weighted by molar-refractivity contribution is 6.32. The van der Waals surface area contributed by atoms with Crippen LogP contribution in [0.5, 0.6) is 5.75 Å². The number of phenolic OH excluding ortho intramolecular Hbond substituents is 1. The summed E-state index contributed by atoms with van der Waals surface area (Å²) in [6, 6.07) is 4.84. The van der Waals surface area contributed by atoms with Crippen LogP contribution < -0.4 is 0 Å². The lowest BCUT2D eigenvalue weighted by Crippen LogP contribution is -2.02. The molecule has 0 bridgehead atoms. The zero-order valence-corrected chi connectivity index (χ0v) is 11.6. The molecule has 4 heteroatoms. The number of benzene rings is 1. The summed E-state index contributed by atoms with van der Waals surface area (Å²) in [6.45, 7) is 1.90. The molecule has 3 N–H and O–H groups in total. The SMILES string of the molecule is C/C(=C\c1ccc(O)cc1Cl)CC[C@@H](O)/C=C\CO. The molecule has 0 heterocycles. The van der Waals surface area contributed by atoms with Crippen LogP contribution in [-0.2, 0) is 0 Å². The average molecular weight is 283 g/mol. The summed E-state index contributed by atoms with van der Waals surface area (Å²) in [5.41, 5.74) is 1.93. The van der Waals surface area contributed by atoms with Crippen LogP contribution in [0.15, 0.2) is 35.9 Å². The molecule has 0 aliphatic rings. The Hall–Kier alpha value is -1.29. The molecular formula is C15H19ClO3. The summed E-state index contributed by atoms with van der Waals surface area (Å²) in [6.07, 6.45) is 5.82. The Labute approximate surface area is 118 Å². The molecule has 0 aliphatic carbocycles. The molecule has 0 fully saturated rings. The molecule has 104 valence electrons. The first-order chi connectivity index (χ1) is 9.02. The summed E-state index contributed by atoms with van der Waals surface area (Å²) in [4.78, 5) is 0. The average Bonchev–Trinajstić information content (AvgIpc) is 2.37. The van der Waals surface area contributed by atoms with Crippen molar-refractivity contribution >= 4 is 17.7 Å². The highest BCUT2D eigenvalue weighted by atomic mass is 35.5. The van der Waals surface area contributed by atoms with Gasteiger partial charge in [0.1, 0.15) is 5.75 Å². The Morgan fingerprint density at radius 3 is 2.79 bits per heavy atom. The van der Waals surface area contributed by atoms with Crippen LogP contribution in [0.25, 0.3) is 6.08 Å². The largest absolute Gasteiger partial charge is 0.508 e. The minimum absolute atomic E-state index is 0.0605. The van der Waals surface area contributed by atoms with E-state index in [-0.39, 0.29) is 12.4 Å². The molecule has 1 rings (SSSR count). The van der Waals surface area contributed by atoms with Gasteiger partial charge in [0.15, 0.2) is 0 Å². The van der Waals surface area contributed by atoms with E-state index in [4.69, 9.17) is 16.7 Å². The van der Waals surface area contributed by atoms with E-state index in [0.717, 1.165) is 17.6 Å². The Morgan fingerprint density at radius 1 is 1.42 bits per heavy atom. The fraction of sp³-hybridized carbons (Fsp3) is 0.333. The molecule has 0 aliphatic heterocycles. The van der Waals surface area contributed by atoms with Crippen molar-refractivity contribution < 1.29 is 15.3 Å². The maximum atomic E-state index is 9.60. The van der Waals surface area contributed by atoms with Gasteiger partial charge in [0.05, 0.1) is 17.7 Å². The maximum absolute atomic E-state index is 9.60. The number of phenols is 1. The Morgan fingerprint density at radius 2 is 2.16 bits per heavy atom. The third kappa shape index (κ3) is 5.92. The quantitative estimate of drug-likeness (QED) is 0.703. The standard InChI is InChI=1S/C15H19ClO3/c1-11(4-6-13(18)3-2-8-17)9-12-5-7-14(19)10-15(12)16/h2-3,5,7,9-10,13,17-19H,4,6,8H2,1H3/b3-2-,11-9+/t13-/m0/s1. The number of allylic oxidation sites excluding steroid dienone is 1. The summed E-state index contributed by atoms with van der Waals surface area (Å²) < 4.78 is 0. The molecule has 0 aromatic heterocycles. The van der Waals surface area contributed by atoms with Gasteiger partial charge in [0.25, 0.3) is 0 Å². The summed E-state index contributed by atoms with van der Waals surface area (Å²) in [7, 11) is 0. The lowest BCUT2D eigenvalue weighted by Gasteiger charge is -2.06. The van der Waals surface area contributed by atoms with Crippen LogP contribution in [0.1, 0.15) is 25.3 Å². The second kappa shape index (κ2) is 8.00. The van der Waals surface area contributed by atoms with Crippen LogP contribution in [0, 0.1) is 0 Å². The zero-order chi connectivity index (χ0) is 14.3. The van der Waals surface area contributed by atoms with Crippen molar-refractivity contribution in [3.63, 3.8) is 0 Å². The molecule has 3 nitrogen and oxygen atoms in total. The molecule has 19 heavy (non-hydrogen) atoms. The molecule has 0 saturated carbocycles. The molecule has 1 aromatic rings. The van der Waals surface area contributed by atoms with Crippen molar-refractivity contribution in [3.05, 3.63) is 46.5 Å². The first-order valence-corrected chi connectivity index (χ1v) is 6.52. The van der Waals surface area contributed by atoms with Gasteiger partial charge in [0.2, 0.25) is 0 Å². The van der Waals surface area contributed by atoms with Crippen molar-refractivity contribution in [2.75, 3.05) is 6.61 Å². The van der Waals surface area contributed by atoms with Gasteiger partial charge in [-0.3, -0.25) is 0 Å². The van der Waals surface area contributed by atoms with Crippen LogP contribution in [-0.4, -0.2) is 28.0 Å². The lowest BCUT2D eigenvalue weighted by atomic mass is 10.0. The third-order valence-corrected chi connectivity index (χ3v) is 3.01. The fourth-order valence-electron chi connectivity index (χ4n) is 1.66. The van der Waals surface area contributed by atoms with Crippen molar-refractivity contribution in [2.24, 2.45) is 0 Å². The van der Waals surface area contributed by atoms with Gasteiger partial charge in [-0.1, -0.05) is 35.4 Å². The van der Waals surface area contributed by atoms with Crippen LogP contribution in [0.2, 0.25) is 5.02 Å². The smallest absolute Gasteiger partial charge is 0.117 e. The Kier molecular flexibility index (Phi) is 6.64. The summed E-state index contributed by atoms with van der Waals surface area (Å²) >= 11 is 6.01.